The second-order valence-electron chi connectivity index (χ2n) is 7.11. The third kappa shape index (κ3) is 3.22. The Bertz CT molecular complexity index is 1260. The van der Waals surface area contributed by atoms with Crippen molar-refractivity contribution in [3.63, 3.8) is 0 Å². The number of rotatable bonds is 5. The van der Waals surface area contributed by atoms with E-state index in [2.05, 4.69) is 10.1 Å². The molecule has 29 heavy (non-hydrogen) atoms. The van der Waals surface area contributed by atoms with Crippen LogP contribution in [0.25, 0.3) is 22.5 Å². The molecule has 0 saturated carbocycles. The quantitative estimate of drug-likeness (QED) is 0.517. The van der Waals surface area contributed by atoms with Gasteiger partial charge in [0.05, 0.1) is 24.4 Å². The molecule has 0 fully saturated rings. The van der Waals surface area contributed by atoms with Gasteiger partial charge in [0.1, 0.15) is 22.9 Å². The van der Waals surface area contributed by atoms with Crippen molar-refractivity contribution >= 4 is 11.0 Å². The molecule has 4 rings (SSSR count). The van der Waals surface area contributed by atoms with Gasteiger partial charge in [0.15, 0.2) is 0 Å². The lowest BCUT2D eigenvalue weighted by Gasteiger charge is -2.09. The Kier molecular flexibility index (Phi) is 4.74. The van der Waals surface area contributed by atoms with Gasteiger partial charge < -0.3 is 9.15 Å². The highest BCUT2D eigenvalue weighted by Gasteiger charge is 2.19. The lowest BCUT2D eigenvalue weighted by Crippen LogP contribution is -2.23. The highest BCUT2D eigenvalue weighted by Crippen LogP contribution is 2.31. The third-order valence-electron chi connectivity index (χ3n) is 5.07. The molecular formula is C22H24N4O3. The van der Waals surface area contributed by atoms with Crippen molar-refractivity contribution < 1.29 is 9.15 Å². The second-order valence-corrected chi connectivity index (χ2v) is 7.11. The van der Waals surface area contributed by atoms with Crippen molar-refractivity contribution in [2.24, 2.45) is 7.05 Å². The number of ether oxygens (including phenoxy) is 1. The number of fused-ring (bicyclic) bond motifs is 1. The lowest BCUT2D eigenvalue weighted by molar-refractivity contribution is 0.340. The average Bonchev–Trinajstić information content (AvgIpc) is 3.18. The molecule has 1 aromatic carbocycles. The Morgan fingerprint density at radius 3 is 2.69 bits per heavy atom. The molecule has 0 aliphatic rings. The first kappa shape index (κ1) is 19.0. The number of pyridine rings is 1. The van der Waals surface area contributed by atoms with Crippen LogP contribution in [0.1, 0.15) is 29.6 Å². The minimum Gasteiger partial charge on any atom is -0.493 e. The highest BCUT2D eigenvalue weighted by atomic mass is 16.5. The van der Waals surface area contributed by atoms with E-state index in [0.29, 0.717) is 30.5 Å². The number of aryl methyl sites for hydroxylation is 4. The molecule has 0 bridgehead atoms. The van der Waals surface area contributed by atoms with Gasteiger partial charge in [0, 0.05) is 18.5 Å². The van der Waals surface area contributed by atoms with Crippen LogP contribution < -0.4 is 10.3 Å². The number of hydrogen-bond donors (Lipinski definition) is 0. The Morgan fingerprint density at radius 2 is 1.93 bits per heavy atom. The van der Waals surface area contributed by atoms with Crippen LogP contribution in [-0.2, 0) is 13.6 Å². The molecule has 4 aromatic rings. The van der Waals surface area contributed by atoms with Gasteiger partial charge in [-0.1, -0.05) is 12.1 Å². The zero-order chi connectivity index (χ0) is 20.7. The van der Waals surface area contributed by atoms with Gasteiger partial charge in [-0.25, -0.2) is 4.98 Å². The fourth-order valence-electron chi connectivity index (χ4n) is 3.77. The molecule has 0 aliphatic carbocycles. The molecule has 0 unspecified atom stereocenters. The number of nitrogens with zero attached hydrogens (tertiary/aromatic N) is 4. The molecule has 0 atom stereocenters. The maximum absolute atomic E-state index is 12.8. The first-order valence-corrected chi connectivity index (χ1v) is 9.63. The first-order chi connectivity index (χ1) is 13.9. The second kappa shape index (κ2) is 7.24. The van der Waals surface area contributed by atoms with E-state index in [1.807, 2.05) is 59.0 Å². The van der Waals surface area contributed by atoms with Gasteiger partial charge in [-0.15, -0.1) is 0 Å². The Balaban J connectivity index is 1.81. The van der Waals surface area contributed by atoms with E-state index in [0.717, 1.165) is 33.6 Å². The fourth-order valence-corrected chi connectivity index (χ4v) is 3.77. The maximum Gasteiger partial charge on any atom is 0.252 e. The summed E-state index contributed by atoms with van der Waals surface area (Å²) in [6.45, 7) is 8.55. The fraction of sp³-hybridized carbons (Fsp3) is 0.318. The van der Waals surface area contributed by atoms with Gasteiger partial charge in [-0.05, 0) is 45.4 Å². The summed E-state index contributed by atoms with van der Waals surface area (Å²) in [7, 11) is 1.85. The summed E-state index contributed by atoms with van der Waals surface area (Å²) < 4.78 is 15.1. The lowest BCUT2D eigenvalue weighted by atomic mass is 10.1. The van der Waals surface area contributed by atoms with E-state index in [1.54, 1.807) is 15.3 Å². The van der Waals surface area contributed by atoms with Crippen molar-refractivity contribution in [1.29, 1.82) is 0 Å². The van der Waals surface area contributed by atoms with Crippen LogP contribution >= 0.6 is 0 Å². The smallest absolute Gasteiger partial charge is 0.252 e. The summed E-state index contributed by atoms with van der Waals surface area (Å²) in [6, 6.07) is 9.30. The monoisotopic (exact) mass is 392 g/mol. The highest BCUT2D eigenvalue weighted by molar-refractivity contribution is 5.82. The van der Waals surface area contributed by atoms with Gasteiger partial charge in [-0.3, -0.25) is 14.0 Å². The third-order valence-corrected chi connectivity index (χ3v) is 5.07. The molecule has 7 nitrogen and oxygen atoms in total. The standard InChI is InChI=1S/C22H24N4O3/c1-6-28-18-10-8-7-9-16(18)21-23-17(15(4)29-21)12-26-19(27)11-13(2)20-14(3)24-25(5)22(20)26/h7-11H,6,12H2,1-5H3. The van der Waals surface area contributed by atoms with Crippen molar-refractivity contribution in [1.82, 2.24) is 19.3 Å². The van der Waals surface area contributed by atoms with Crippen molar-refractivity contribution in [3.8, 4) is 17.2 Å². The van der Waals surface area contributed by atoms with Crippen LogP contribution in [0, 0.1) is 20.8 Å². The summed E-state index contributed by atoms with van der Waals surface area (Å²) in [6.07, 6.45) is 0. The van der Waals surface area contributed by atoms with Crippen molar-refractivity contribution in [2.75, 3.05) is 6.61 Å². The van der Waals surface area contributed by atoms with Crippen LogP contribution in [0.15, 0.2) is 39.5 Å². The van der Waals surface area contributed by atoms with E-state index in [1.165, 1.54) is 0 Å². The summed E-state index contributed by atoms with van der Waals surface area (Å²) >= 11 is 0. The number of aromatic nitrogens is 4. The normalized spacial score (nSPS) is 11.3. The molecule has 0 aliphatic heterocycles. The molecule has 150 valence electrons. The van der Waals surface area contributed by atoms with Crippen LogP contribution in [0.3, 0.4) is 0 Å². The largest absolute Gasteiger partial charge is 0.493 e. The van der Waals surface area contributed by atoms with Crippen molar-refractivity contribution in [3.05, 3.63) is 63.4 Å². The van der Waals surface area contributed by atoms with E-state index < -0.39 is 0 Å². The number of para-hydroxylation sites is 1. The summed E-state index contributed by atoms with van der Waals surface area (Å²) in [5, 5.41) is 5.49. The average molecular weight is 392 g/mol. The molecule has 3 aromatic heterocycles. The van der Waals surface area contributed by atoms with Crippen LogP contribution in [0.4, 0.5) is 0 Å². The molecule has 7 heteroatoms. The summed E-state index contributed by atoms with van der Waals surface area (Å²) in [4.78, 5) is 17.5. The van der Waals surface area contributed by atoms with E-state index in [4.69, 9.17) is 9.15 Å². The zero-order valence-electron chi connectivity index (χ0n) is 17.3. The SMILES string of the molecule is CCOc1ccccc1-c1nc(Cn2c(=O)cc(C)c3c(C)nn(C)c32)c(C)o1. The Hall–Kier alpha value is -3.35. The van der Waals surface area contributed by atoms with Crippen LogP contribution in [0.5, 0.6) is 5.75 Å². The van der Waals surface area contributed by atoms with Gasteiger partial charge in [-0.2, -0.15) is 5.10 Å². The van der Waals surface area contributed by atoms with Crippen molar-refractivity contribution in [2.45, 2.75) is 34.2 Å². The molecular weight excluding hydrogens is 368 g/mol. The van der Waals surface area contributed by atoms with Crippen LogP contribution in [-0.4, -0.2) is 25.9 Å². The van der Waals surface area contributed by atoms with E-state index in [-0.39, 0.29) is 5.56 Å². The molecule has 0 radical (unpaired) electrons. The molecule has 0 spiro atoms. The number of hydrogen-bond acceptors (Lipinski definition) is 5. The van der Waals surface area contributed by atoms with Gasteiger partial charge >= 0.3 is 0 Å². The number of oxazole rings is 1. The summed E-state index contributed by atoms with van der Waals surface area (Å²) in [5.74, 6) is 1.88. The molecule has 0 N–H and O–H groups in total. The minimum atomic E-state index is -0.0864. The van der Waals surface area contributed by atoms with Gasteiger partial charge in [0.2, 0.25) is 5.89 Å². The maximum atomic E-state index is 12.8. The predicted octanol–water partition coefficient (Wildman–Crippen LogP) is 3.76. The molecule has 0 amide bonds. The van der Waals surface area contributed by atoms with E-state index >= 15 is 0 Å². The Morgan fingerprint density at radius 1 is 1.17 bits per heavy atom. The zero-order valence-corrected chi connectivity index (χ0v) is 17.3. The van der Waals surface area contributed by atoms with Crippen LogP contribution in [0.2, 0.25) is 0 Å². The molecule has 0 saturated heterocycles. The topological polar surface area (TPSA) is 75.1 Å². The van der Waals surface area contributed by atoms with E-state index in [9.17, 15) is 4.79 Å². The van der Waals surface area contributed by atoms with Gasteiger partial charge in [0.25, 0.3) is 5.56 Å². The first-order valence-electron chi connectivity index (χ1n) is 9.63. The summed E-state index contributed by atoms with van der Waals surface area (Å²) in [5.41, 5.74) is 4.02. The number of benzene rings is 1. The Labute approximate surface area is 168 Å². The minimum absolute atomic E-state index is 0.0864. The predicted molar refractivity (Wildman–Crippen MR) is 111 cm³/mol. The molecule has 3 heterocycles.